The molecule has 11 nitrogen and oxygen atoms in total. The molecule has 0 unspecified atom stereocenters. The Hall–Kier alpha value is -2.69. The van der Waals surface area contributed by atoms with Crippen molar-refractivity contribution in [3.8, 4) is 0 Å². The second-order valence-corrected chi connectivity index (χ2v) is 6.57. The van der Waals surface area contributed by atoms with Crippen LogP contribution in [0.25, 0.3) is 0 Å². The number of carbonyl (C=O) groups excluding carboxylic acids is 5. The summed E-state index contributed by atoms with van der Waals surface area (Å²) in [5, 5.41) is 2.61. The summed E-state index contributed by atoms with van der Waals surface area (Å²) in [6, 6.07) is 0. The molecule has 1 spiro atoms. The van der Waals surface area contributed by atoms with E-state index in [-0.39, 0.29) is 25.4 Å². The highest BCUT2D eigenvalue weighted by atomic mass is 16.7. The van der Waals surface area contributed by atoms with Crippen LogP contribution in [0, 0.1) is 0 Å². The van der Waals surface area contributed by atoms with Gasteiger partial charge in [-0.1, -0.05) is 0 Å². The van der Waals surface area contributed by atoms with Gasteiger partial charge >= 0.3 is 23.9 Å². The molecule has 2 saturated heterocycles. The molecule has 0 saturated carbocycles. The van der Waals surface area contributed by atoms with Gasteiger partial charge in [0.1, 0.15) is 12.7 Å². The maximum atomic E-state index is 11.9. The van der Waals surface area contributed by atoms with Crippen LogP contribution in [0.15, 0.2) is 0 Å². The molecule has 28 heavy (non-hydrogen) atoms. The van der Waals surface area contributed by atoms with E-state index >= 15 is 0 Å². The fourth-order valence-electron chi connectivity index (χ4n) is 3.34. The monoisotopic (exact) mass is 401 g/mol. The predicted molar refractivity (Wildman–Crippen MR) is 88.3 cm³/mol. The van der Waals surface area contributed by atoms with E-state index in [0.717, 1.165) is 20.8 Å². The van der Waals surface area contributed by atoms with E-state index in [1.165, 1.54) is 6.92 Å². The third-order valence-corrected chi connectivity index (χ3v) is 4.23. The van der Waals surface area contributed by atoms with Gasteiger partial charge in [0.2, 0.25) is 5.91 Å². The molecule has 0 aliphatic carbocycles. The number of ether oxygens (including phenoxy) is 5. The summed E-state index contributed by atoms with van der Waals surface area (Å²) in [5.74, 6) is -3.14. The first kappa shape index (κ1) is 21.6. The Kier molecular flexibility index (Phi) is 6.60. The zero-order valence-corrected chi connectivity index (χ0v) is 16.0. The van der Waals surface area contributed by atoms with Crippen LogP contribution in [0.1, 0.15) is 40.5 Å². The maximum Gasteiger partial charge on any atom is 0.303 e. The average Bonchev–Trinajstić information content (AvgIpc) is 2.92. The molecule has 2 aliphatic heterocycles. The van der Waals surface area contributed by atoms with Crippen LogP contribution in [0.2, 0.25) is 0 Å². The van der Waals surface area contributed by atoms with Crippen molar-refractivity contribution in [1.82, 2.24) is 5.32 Å². The first-order valence-corrected chi connectivity index (χ1v) is 8.68. The van der Waals surface area contributed by atoms with E-state index < -0.39 is 54.0 Å². The predicted octanol–water partition coefficient (Wildman–Crippen LogP) is -0.650. The quantitative estimate of drug-likeness (QED) is 0.466. The lowest BCUT2D eigenvalue weighted by Crippen LogP contribution is -2.71. The average molecular weight is 401 g/mol. The number of carbonyl (C=O) groups is 5. The Morgan fingerprint density at radius 3 is 2.00 bits per heavy atom. The van der Waals surface area contributed by atoms with Crippen LogP contribution in [0.5, 0.6) is 0 Å². The van der Waals surface area contributed by atoms with Crippen molar-refractivity contribution < 1.29 is 47.7 Å². The Morgan fingerprint density at radius 1 is 0.964 bits per heavy atom. The largest absolute Gasteiger partial charge is 0.463 e. The third kappa shape index (κ3) is 4.97. The van der Waals surface area contributed by atoms with Crippen molar-refractivity contribution in [3.63, 3.8) is 0 Å². The van der Waals surface area contributed by atoms with Crippen LogP contribution in [-0.2, 0) is 47.7 Å². The van der Waals surface area contributed by atoms with Crippen molar-refractivity contribution in [2.45, 2.75) is 70.7 Å². The van der Waals surface area contributed by atoms with Gasteiger partial charge in [-0.3, -0.25) is 24.0 Å². The Balaban J connectivity index is 2.48. The van der Waals surface area contributed by atoms with Crippen molar-refractivity contribution in [2.24, 2.45) is 0 Å². The second-order valence-electron chi connectivity index (χ2n) is 6.57. The van der Waals surface area contributed by atoms with Gasteiger partial charge in [0, 0.05) is 40.5 Å². The fourth-order valence-corrected chi connectivity index (χ4v) is 3.34. The minimum Gasteiger partial charge on any atom is -0.463 e. The van der Waals surface area contributed by atoms with Crippen molar-refractivity contribution in [3.05, 3.63) is 0 Å². The number of amides is 1. The topological polar surface area (TPSA) is 144 Å². The van der Waals surface area contributed by atoms with Gasteiger partial charge in [-0.25, -0.2) is 0 Å². The van der Waals surface area contributed by atoms with Gasteiger partial charge in [-0.05, 0) is 0 Å². The van der Waals surface area contributed by atoms with Gasteiger partial charge in [-0.15, -0.1) is 0 Å². The summed E-state index contributed by atoms with van der Waals surface area (Å²) < 4.78 is 26.8. The number of hydrogen-bond donors (Lipinski definition) is 1. The SMILES string of the molecule is CC(=O)OC[C@H]1O[C@@]2(CCC(=O)N2)[C@@H](OC(C)=O)[C@@H](OC(C)=O)[C@@H]1OC(C)=O. The van der Waals surface area contributed by atoms with Crippen LogP contribution >= 0.6 is 0 Å². The van der Waals surface area contributed by atoms with Crippen LogP contribution in [0.4, 0.5) is 0 Å². The fraction of sp³-hybridized carbons (Fsp3) is 0.706. The summed E-state index contributed by atoms with van der Waals surface area (Å²) in [6.45, 7) is 4.25. The molecule has 2 fully saturated rings. The second kappa shape index (κ2) is 8.55. The van der Waals surface area contributed by atoms with Gasteiger partial charge < -0.3 is 29.0 Å². The van der Waals surface area contributed by atoms with Gasteiger partial charge in [0.05, 0.1) is 0 Å². The molecular formula is C17H23NO10. The van der Waals surface area contributed by atoms with E-state index in [1.54, 1.807) is 0 Å². The highest BCUT2D eigenvalue weighted by molar-refractivity contribution is 5.79. The van der Waals surface area contributed by atoms with Crippen molar-refractivity contribution >= 4 is 29.8 Å². The zero-order valence-electron chi connectivity index (χ0n) is 16.0. The lowest BCUT2D eigenvalue weighted by Gasteiger charge is -2.49. The summed E-state index contributed by atoms with van der Waals surface area (Å²) in [7, 11) is 0. The van der Waals surface area contributed by atoms with Crippen LogP contribution in [-0.4, -0.2) is 66.5 Å². The highest BCUT2D eigenvalue weighted by Gasteiger charge is 2.62. The molecule has 0 bridgehead atoms. The molecule has 11 heteroatoms. The summed E-state index contributed by atoms with van der Waals surface area (Å²) >= 11 is 0. The zero-order chi connectivity index (χ0) is 21.1. The lowest BCUT2D eigenvalue weighted by atomic mass is 9.88. The Labute approximate surface area is 160 Å². The van der Waals surface area contributed by atoms with E-state index in [4.69, 9.17) is 23.7 Å². The lowest BCUT2D eigenvalue weighted by molar-refractivity contribution is -0.289. The molecular weight excluding hydrogens is 378 g/mol. The van der Waals surface area contributed by atoms with Crippen LogP contribution < -0.4 is 5.32 Å². The number of nitrogens with one attached hydrogen (secondary N) is 1. The smallest absolute Gasteiger partial charge is 0.303 e. The first-order chi connectivity index (χ1) is 13.0. The molecule has 0 aromatic carbocycles. The van der Waals surface area contributed by atoms with Crippen molar-refractivity contribution in [1.29, 1.82) is 0 Å². The van der Waals surface area contributed by atoms with E-state index in [9.17, 15) is 24.0 Å². The molecule has 0 aromatic heterocycles. The first-order valence-electron chi connectivity index (χ1n) is 8.68. The Morgan fingerprint density at radius 2 is 1.54 bits per heavy atom. The standard InChI is InChI=1S/C17H23NO10/c1-8(19)24-7-12-14(25-9(2)20)15(26-10(3)21)16(27-11(4)22)17(28-12)6-5-13(23)18-17/h12,14-16H,5-7H2,1-4H3,(H,18,23)/t12-,14-,15+,16+,17+/m1/s1. The minimum atomic E-state index is -1.52. The normalized spacial score (nSPS) is 31.6. The number of esters is 4. The third-order valence-electron chi connectivity index (χ3n) is 4.23. The summed E-state index contributed by atoms with van der Waals surface area (Å²) in [4.78, 5) is 58.1. The Bertz CT molecular complexity index is 677. The summed E-state index contributed by atoms with van der Waals surface area (Å²) in [6.07, 6.45) is -4.72. The summed E-state index contributed by atoms with van der Waals surface area (Å²) in [5.41, 5.74) is -1.52. The van der Waals surface area contributed by atoms with Gasteiger partial charge in [-0.2, -0.15) is 0 Å². The van der Waals surface area contributed by atoms with Crippen LogP contribution in [0.3, 0.4) is 0 Å². The molecule has 2 aliphatic rings. The molecule has 2 heterocycles. The van der Waals surface area contributed by atoms with Gasteiger partial charge in [0.25, 0.3) is 0 Å². The van der Waals surface area contributed by atoms with Crippen molar-refractivity contribution in [2.75, 3.05) is 6.61 Å². The molecule has 5 atom stereocenters. The molecule has 156 valence electrons. The van der Waals surface area contributed by atoms with Gasteiger partial charge in [0.15, 0.2) is 24.0 Å². The number of hydrogen-bond acceptors (Lipinski definition) is 10. The number of rotatable bonds is 5. The maximum absolute atomic E-state index is 11.9. The van der Waals surface area contributed by atoms with E-state index in [0.29, 0.717) is 0 Å². The van der Waals surface area contributed by atoms with E-state index in [2.05, 4.69) is 5.32 Å². The van der Waals surface area contributed by atoms with E-state index in [1.807, 2.05) is 0 Å². The highest BCUT2D eigenvalue weighted by Crippen LogP contribution is 2.39. The molecule has 1 amide bonds. The molecule has 1 N–H and O–H groups in total. The minimum absolute atomic E-state index is 0.0725. The molecule has 0 aromatic rings. The molecule has 2 rings (SSSR count). The molecule has 0 radical (unpaired) electrons.